The molecule has 3 amide bonds. The molecule has 2 aromatic heterocycles. The summed E-state index contributed by atoms with van der Waals surface area (Å²) < 4.78 is 2.20. The quantitative estimate of drug-likeness (QED) is 0.129. The van der Waals surface area contributed by atoms with Crippen molar-refractivity contribution in [1.29, 1.82) is 0 Å². The lowest BCUT2D eigenvalue weighted by Gasteiger charge is -2.43. The Balaban J connectivity index is 1.05. The van der Waals surface area contributed by atoms with Crippen molar-refractivity contribution in [1.82, 2.24) is 35.2 Å². The van der Waals surface area contributed by atoms with Crippen LogP contribution in [0.25, 0.3) is 11.1 Å². The number of likely N-dealkylation sites (tertiary alicyclic amines) is 1. The van der Waals surface area contributed by atoms with E-state index >= 15 is 0 Å². The van der Waals surface area contributed by atoms with Crippen molar-refractivity contribution >= 4 is 29.1 Å². The number of nitrogens with two attached hydrogens (primary N) is 2. The van der Waals surface area contributed by atoms with Gasteiger partial charge in [0.1, 0.15) is 17.2 Å². The Kier molecular flexibility index (Phi) is 9.32. The molecule has 2 aliphatic heterocycles. The van der Waals surface area contributed by atoms with E-state index in [-0.39, 0.29) is 53.3 Å². The van der Waals surface area contributed by atoms with E-state index in [1.54, 1.807) is 19.0 Å². The highest BCUT2D eigenvalue weighted by atomic mass is 16.2. The highest BCUT2D eigenvalue weighted by Gasteiger charge is 2.39. The maximum atomic E-state index is 13.2. The molecule has 1 atom stereocenters. The Morgan fingerprint density at radius 2 is 1.78 bits per heavy atom. The summed E-state index contributed by atoms with van der Waals surface area (Å²) in [4.78, 5) is 49.5. The predicted molar refractivity (Wildman–Crippen MR) is 207 cm³/mol. The maximum Gasteiger partial charge on any atom is 0.271 e. The molecule has 14 heteroatoms. The molecule has 4 fully saturated rings. The Labute approximate surface area is 316 Å². The van der Waals surface area contributed by atoms with Crippen LogP contribution >= 0.6 is 0 Å². The minimum absolute atomic E-state index is 0.00772. The Morgan fingerprint density at radius 3 is 2.44 bits per heavy atom. The van der Waals surface area contributed by atoms with Gasteiger partial charge >= 0.3 is 0 Å². The molecule has 0 bridgehead atoms. The second-order valence-electron chi connectivity index (χ2n) is 15.8. The lowest BCUT2D eigenvalue weighted by atomic mass is 9.91. The number of nitrogens with one attached hydrogen (secondary N) is 3. The first-order chi connectivity index (χ1) is 26.0. The third kappa shape index (κ3) is 7.14. The average molecular weight is 734 g/mol. The number of hydrogen-bond donors (Lipinski definition) is 5. The second kappa shape index (κ2) is 14.1. The first-order valence-electron chi connectivity index (χ1n) is 19.2. The van der Waals surface area contributed by atoms with E-state index in [1.165, 1.54) is 17.3 Å². The van der Waals surface area contributed by atoms with Gasteiger partial charge in [-0.05, 0) is 74.6 Å². The monoisotopic (exact) mass is 733 g/mol. The van der Waals surface area contributed by atoms with Crippen molar-refractivity contribution in [2.45, 2.75) is 82.5 Å². The predicted octanol–water partition coefficient (Wildman–Crippen LogP) is 3.67. The first kappa shape index (κ1) is 35.6. The molecule has 1 aromatic carbocycles. The van der Waals surface area contributed by atoms with Crippen LogP contribution in [0.3, 0.4) is 0 Å². The number of fused-ring (bicyclic) bond motifs is 3. The van der Waals surface area contributed by atoms with Gasteiger partial charge in [-0.15, -0.1) is 0 Å². The average Bonchev–Trinajstić information content (AvgIpc) is 3.99. The van der Waals surface area contributed by atoms with Gasteiger partial charge in [0, 0.05) is 69.9 Å². The van der Waals surface area contributed by atoms with Gasteiger partial charge < -0.3 is 37.2 Å². The second-order valence-corrected chi connectivity index (χ2v) is 15.8. The van der Waals surface area contributed by atoms with Crippen molar-refractivity contribution in [3.63, 3.8) is 0 Å². The van der Waals surface area contributed by atoms with E-state index in [0.29, 0.717) is 23.9 Å². The molecule has 0 spiro atoms. The Morgan fingerprint density at radius 1 is 1.02 bits per heavy atom. The van der Waals surface area contributed by atoms with E-state index in [2.05, 4.69) is 56.5 Å². The van der Waals surface area contributed by atoms with Crippen molar-refractivity contribution in [2.24, 2.45) is 17.4 Å². The third-order valence-corrected chi connectivity index (χ3v) is 11.2. The fourth-order valence-electron chi connectivity index (χ4n) is 7.71. The number of carbonyl (C=O) groups excluding carboxylic acids is 3. The minimum atomic E-state index is -0.380. The Hall–Kier alpha value is -5.37. The molecule has 3 aromatic rings. The van der Waals surface area contributed by atoms with Crippen molar-refractivity contribution in [3.8, 4) is 11.1 Å². The number of rotatable bonds is 13. The van der Waals surface area contributed by atoms with Gasteiger partial charge in [-0.1, -0.05) is 19.1 Å². The fourth-order valence-corrected chi connectivity index (χ4v) is 7.71. The van der Waals surface area contributed by atoms with Crippen LogP contribution in [0.1, 0.15) is 97.3 Å². The van der Waals surface area contributed by atoms with E-state index in [1.807, 2.05) is 24.4 Å². The van der Waals surface area contributed by atoms with Gasteiger partial charge in [-0.25, -0.2) is 4.98 Å². The zero-order valence-corrected chi connectivity index (χ0v) is 31.6. The molecule has 3 aliphatic carbocycles. The number of hydrogen-bond acceptors (Lipinski definition) is 10. The van der Waals surface area contributed by atoms with Crippen molar-refractivity contribution in [2.75, 3.05) is 44.4 Å². The van der Waals surface area contributed by atoms with Gasteiger partial charge in [0.05, 0.1) is 46.7 Å². The first-order valence-corrected chi connectivity index (χ1v) is 19.2. The highest BCUT2D eigenvalue weighted by Crippen LogP contribution is 2.50. The van der Waals surface area contributed by atoms with Crippen LogP contribution in [-0.4, -0.2) is 82.6 Å². The lowest BCUT2D eigenvalue weighted by Crippen LogP contribution is -2.48. The van der Waals surface area contributed by atoms with Crippen LogP contribution in [0, 0.1) is 5.92 Å². The van der Waals surface area contributed by atoms with Crippen LogP contribution < -0.4 is 32.3 Å². The highest BCUT2D eigenvalue weighted by molar-refractivity contribution is 5.97. The topological polar surface area (TPSA) is 180 Å². The SMILES string of the molecule is CCC1c2c(cnn2C2CN(Cc3cc(C4CC4)cc(C(=O)N(C)C)n3)C2)-c2cccc(NC(/C=C(\N)NC(=O)C3CC3)=C(/N)C(=O)NC3CC3)c2N1C. The lowest BCUT2D eigenvalue weighted by molar-refractivity contribution is -0.121. The molecular weight excluding hydrogens is 683 g/mol. The number of anilines is 2. The minimum Gasteiger partial charge on any atom is -0.393 e. The van der Waals surface area contributed by atoms with Gasteiger partial charge in [0.2, 0.25) is 5.91 Å². The van der Waals surface area contributed by atoms with E-state index in [4.69, 9.17) is 21.5 Å². The van der Waals surface area contributed by atoms with Gasteiger partial charge in [-0.2, -0.15) is 5.10 Å². The summed E-state index contributed by atoms with van der Waals surface area (Å²) in [5, 5.41) is 14.1. The smallest absolute Gasteiger partial charge is 0.271 e. The number of para-hydroxylation sites is 1. The summed E-state index contributed by atoms with van der Waals surface area (Å²) in [6, 6.07) is 10.5. The van der Waals surface area contributed by atoms with Gasteiger partial charge in [0.15, 0.2) is 0 Å². The molecule has 8 rings (SSSR count). The molecule has 1 unspecified atom stereocenters. The van der Waals surface area contributed by atoms with Crippen LogP contribution in [0.5, 0.6) is 0 Å². The van der Waals surface area contributed by atoms with E-state index < -0.39 is 0 Å². The zero-order chi connectivity index (χ0) is 37.8. The summed E-state index contributed by atoms with van der Waals surface area (Å²) >= 11 is 0. The molecule has 3 saturated carbocycles. The summed E-state index contributed by atoms with van der Waals surface area (Å²) in [5.74, 6) is 0.0477. The number of aromatic nitrogens is 3. The molecular formula is C40H51N11O3. The summed E-state index contributed by atoms with van der Waals surface area (Å²) in [7, 11) is 5.62. The molecule has 14 nitrogen and oxygen atoms in total. The van der Waals surface area contributed by atoms with Crippen molar-refractivity contribution < 1.29 is 14.4 Å². The number of amides is 3. The number of nitrogens with zero attached hydrogens (tertiary/aromatic N) is 6. The van der Waals surface area contributed by atoms with E-state index in [9.17, 15) is 14.4 Å². The van der Waals surface area contributed by atoms with Crippen LogP contribution in [0.15, 0.2) is 59.8 Å². The largest absolute Gasteiger partial charge is 0.393 e. The summed E-state index contributed by atoms with van der Waals surface area (Å²) in [6.45, 7) is 4.52. The van der Waals surface area contributed by atoms with Crippen LogP contribution in [0.4, 0.5) is 11.4 Å². The molecule has 1 saturated heterocycles. The maximum absolute atomic E-state index is 13.2. The molecule has 284 valence electrons. The number of carbonyl (C=O) groups is 3. The van der Waals surface area contributed by atoms with E-state index in [0.717, 1.165) is 86.2 Å². The molecule has 54 heavy (non-hydrogen) atoms. The number of benzene rings is 1. The number of pyridine rings is 1. The third-order valence-electron chi connectivity index (χ3n) is 11.2. The zero-order valence-electron chi connectivity index (χ0n) is 31.6. The normalized spacial score (nSPS) is 20.3. The molecule has 5 aliphatic rings. The molecule has 7 N–H and O–H groups in total. The van der Waals surface area contributed by atoms with Gasteiger partial charge in [-0.3, -0.25) is 24.0 Å². The van der Waals surface area contributed by atoms with Crippen LogP contribution in [-0.2, 0) is 16.1 Å². The van der Waals surface area contributed by atoms with Crippen LogP contribution in [0.2, 0.25) is 0 Å². The Bertz CT molecular complexity index is 2050. The number of allylic oxidation sites excluding steroid dienone is 1. The fraction of sp³-hybridized carbons (Fsp3) is 0.475. The van der Waals surface area contributed by atoms with Gasteiger partial charge in [0.25, 0.3) is 11.8 Å². The standard InChI is InChI=1S/C40H51N11O3/c1-5-33-37-29(18-43-51(37)27-20-50(21-27)19-26-15-24(22-9-10-22)16-32(44-26)40(54)48(2)3)28-7-6-8-30(36(28)49(33)4)46-31(35(42)39(53)45-25-13-14-25)17-34(41)47-38(52)23-11-12-23/h6-8,15-18,22-23,25,27,33,46H,5,9-14,19-21,41-42H2,1-4H3,(H,45,53)(H,47,52)/b34-17+,35-31+. The van der Waals surface area contributed by atoms with Crippen molar-refractivity contribution in [3.05, 3.63) is 82.5 Å². The summed E-state index contributed by atoms with van der Waals surface area (Å²) in [6.07, 6.45) is 10.2. The molecule has 0 radical (unpaired) electrons. The molecule has 4 heterocycles. The summed E-state index contributed by atoms with van der Waals surface area (Å²) in [5.41, 5.74) is 20.7.